The van der Waals surface area contributed by atoms with Gasteiger partial charge in [0.05, 0.1) is 29.3 Å². The number of aromatic nitrogens is 1. The molecule has 1 fully saturated rings. The largest absolute Gasteiger partial charge is 0.489 e. The molecule has 7 nitrogen and oxygen atoms in total. The Labute approximate surface area is 209 Å². The number of nitrogens with zero attached hydrogens (tertiary/aromatic N) is 2. The highest BCUT2D eigenvalue weighted by atomic mass is 32.1. The lowest BCUT2D eigenvalue weighted by atomic mass is 10.0. The molecule has 2 atom stereocenters. The molecule has 0 spiro atoms. The van der Waals surface area contributed by atoms with Crippen LogP contribution in [0.2, 0.25) is 0 Å². The number of carbonyl (C=O) groups is 1. The van der Waals surface area contributed by atoms with Crippen molar-refractivity contribution in [2.45, 2.75) is 51.4 Å². The van der Waals surface area contributed by atoms with E-state index in [9.17, 15) is 9.90 Å². The Morgan fingerprint density at radius 2 is 2.17 bits per heavy atom. The Bertz CT molecular complexity index is 1220. The molecule has 2 aromatic carbocycles. The maximum Gasteiger partial charge on any atom is 0.236 e. The van der Waals surface area contributed by atoms with Crippen molar-refractivity contribution in [1.29, 1.82) is 0 Å². The molecule has 8 heteroatoms. The van der Waals surface area contributed by atoms with Crippen molar-refractivity contribution >= 4 is 22.9 Å². The standard InChI is InChI=1S/C27H32N4O3S/c1-16(2)34-24-9-6-17(12-22(24)28)27-30-13-25(35-27)21-5-3-4-20-19(21)7-8-23(20)29-14-26(33)31-11-10-18(32)15-31/h3-6,9,12-13,16,18,23,29,32H,7-8,10-11,14-15,28H2,1-2H3/t18-,23+/m1/s1. The van der Waals surface area contributed by atoms with E-state index in [1.165, 1.54) is 16.7 Å². The van der Waals surface area contributed by atoms with E-state index in [4.69, 9.17) is 10.5 Å². The van der Waals surface area contributed by atoms with E-state index in [1.54, 1.807) is 16.2 Å². The summed E-state index contributed by atoms with van der Waals surface area (Å²) >= 11 is 1.66. The summed E-state index contributed by atoms with van der Waals surface area (Å²) in [5, 5.41) is 14.1. The van der Waals surface area contributed by atoms with E-state index in [2.05, 4.69) is 28.5 Å². The summed E-state index contributed by atoms with van der Waals surface area (Å²) in [7, 11) is 0. The van der Waals surface area contributed by atoms with E-state index in [1.807, 2.05) is 38.2 Å². The van der Waals surface area contributed by atoms with Crippen molar-refractivity contribution in [3.05, 3.63) is 53.7 Å². The highest BCUT2D eigenvalue weighted by Crippen LogP contribution is 2.41. The number of thiazole rings is 1. The lowest BCUT2D eigenvalue weighted by Crippen LogP contribution is -2.38. The maximum atomic E-state index is 12.5. The van der Waals surface area contributed by atoms with E-state index in [0.717, 1.165) is 28.3 Å². The molecule has 1 aliphatic carbocycles. The molecule has 2 heterocycles. The smallest absolute Gasteiger partial charge is 0.236 e. The van der Waals surface area contributed by atoms with Crippen LogP contribution in [0.15, 0.2) is 42.6 Å². The predicted molar refractivity (Wildman–Crippen MR) is 139 cm³/mol. The van der Waals surface area contributed by atoms with Crippen LogP contribution in [0.1, 0.15) is 43.9 Å². The van der Waals surface area contributed by atoms with Gasteiger partial charge in [0.2, 0.25) is 5.91 Å². The molecule has 2 aliphatic rings. The number of rotatable bonds is 7. The normalized spacial score (nSPS) is 19.4. The second kappa shape index (κ2) is 9.97. The molecule has 1 saturated heterocycles. The zero-order chi connectivity index (χ0) is 24.5. The van der Waals surface area contributed by atoms with Gasteiger partial charge in [-0.3, -0.25) is 4.79 Å². The third-order valence-electron chi connectivity index (χ3n) is 6.68. The van der Waals surface area contributed by atoms with Crippen LogP contribution in [0.4, 0.5) is 5.69 Å². The van der Waals surface area contributed by atoms with Crippen LogP contribution in [-0.2, 0) is 11.2 Å². The number of hydrogen-bond donors (Lipinski definition) is 3. The number of anilines is 1. The van der Waals surface area contributed by atoms with Gasteiger partial charge in [0.15, 0.2) is 0 Å². The second-order valence-corrected chi connectivity index (χ2v) is 10.6. The summed E-state index contributed by atoms with van der Waals surface area (Å²) in [4.78, 5) is 20.1. The number of nitrogens with one attached hydrogen (secondary N) is 1. The number of aliphatic hydroxyl groups excluding tert-OH is 1. The Morgan fingerprint density at radius 1 is 1.31 bits per heavy atom. The minimum atomic E-state index is -0.388. The zero-order valence-corrected chi connectivity index (χ0v) is 21.0. The van der Waals surface area contributed by atoms with Crippen molar-refractivity contribution in [3.63, 3.8) is 0 Å². The zero-order valence-electron chi connectivity index (χ0n) is 20.2. The number of carbonyl (C=O) groups excluding carboxylic acids is 1. The number of β-amino-alcohol motifs (C(OH)–C–C–N with tert-alkyl or cyclic N) is 1. The van der Waals surface area contributed by atoms with Crippen LogP contribution in [0.3, 0.4) is 0 Å². The number of amides is 1. The first-order chi connectivity index (χ1) is 16.9. The van der Waals surface area contributed by atoms with Crippen LogP contribution >= 0.6 is 11.3 Å². The van der Waals surface area contributed by atoms with Gasteiger partial charge in [0.1, 0.15) is 10.8 Å². The third-order valence-corrected chi connectivity index (χ3v) is 7.76. The number of benzene rings is 2. The van der Waals surface area contributed by atoms with Crippen LogP contribution in [0, 0.1) is 0 Å². The van der Waals surface area contributed by atoms with E-state index < -0.39 is 0 Å². The highest BCUT2D eigenvalue weighted by Gasteiger charge is 2.28. The van der Waals surface area contributed by atoms with Gasteiger partial charge in [-0.15, -0.1) is 11.3 Å². The van der Waals surface area contributed by atoms with Crippen molar-refractivity contribution in [3.8, 4) is 26.8 Å². The number of nitrogen functional groups attached to an aromatic ring is 1. The number of aliphatic hydroxyl groups is 1. The molecular formula is C27H32N4O3S. The fourth-order valence-electron chi connectivity index (χ4n) is 4.96. The van der Waals surface area contributed by atoms with Gasteiger partial charge >= 0.3 is 0 Å². The Balaban J connectivity index is 1.31. The molecule has 4 N–H and O–H groups in total. The molecule has 1 aliphatic heterocycles. The lowest BCUT2D eigenvalue weighted by Gasteiger charge is -2.19. The van der Waals surface area contributed by atoms with Crippen LogP contribution < -0.4 is 15.8 Å². The highest BCUT2D eigenvalue weighted by molar-refractivity contribution is 7.18. The van der Waals surface area contributed by atoms with Crippen molar-refractivity contribution in [1.82, 2.24) is 15.2 Å². The molecule has 0 saturated carbocycles. The Hall–Kier alpha value is -2.94. The van der Waals surface area contributed by atoms with Gasteiger partial charge in [-0.2, -0.15) is 0 Å². The number of ether oxygens (including phenoxy) is 1. The molecule has 3 aromatic rings. The average Bonchev–Trinajstić information content (AvgIpc) is 3.58. The van der Waals surface area contributed by atoms with Gasteiger partial charge < -0.3 is 25.8 Å². The fourth-order valence-corrected chi connectivity index (χ4v) is 5.93. The van der Waals surface area contributed by atoms with Gasteiger partial charge in [-0.05, 0) is 68.0 Å². The predicted octanol–water partition coefficient (Wildman–Crippen LogP) is 4.02. The fraction of sp³-hybridized carbons (Fsp3) is 0.407. The summed E-state index contributed by atoms with van der Waals surface area (Å²) in [5.74, 6) is 0.752. The van der Waals surface area contributed by atoms with Gasteiger partial charge in [-0.1, -0.05) is 18.2 Å². The van der Waals surface area contributed by atoms with Crippen molar-refractivity contribution in [2.75, 3.05) is 25.4 Å². The van der Waals surface area contributed by atoms with Crippen LogP contribution in [0.5, 0.6) is 5.75 Å². The SMILES string of the molecule is CC(C)Oc1ccc(-c2ncc(-c3cccc4c3CC[C@@H]4NCC(=O)N3CC[C@@H](O)C3)s2)cc1N. The van der Waals surface area contributed by atoms with E-state index in [-0.39, 0.29) is 24.2 Å². The number of fused-ring (bicyclic) bond motifs is 1. The number of likely N-dealkylation sites (tertiary alicyclic amines) is 1. The first kappa shape index (κ1) is 23.8. The second-order valence-electron chi connectivity index (χ2n) is 9.58. The quantitative estimate of drug-likeness (QED) is 0.431. The molecule has 1 aromatic heterocycles. The topological polar surface area (TPSA) is 101 Å². The monoisotopic (exact) mass is 492 g/mol. The van der Waals surface area contributed by atoms with Gasteiger partial charge in [-0.25, -0.2) is 4.98 Å². The number of hydrogen-bond acceptors (Lipinski definition) is 7. The Kier molecular flexibility index (Phi) is 6.77. The Morgan fingerprint density at radius 3 is 2.91 bits per heavy atom. The molecule has 5 rings (SSSR count). The van der Waals surface area contributed by atoms with Crippen molar-refractivity contribution in [2.24, 2.45) is 0 Å². The first-order valence-electron chi connectivity index (χ1n) is 12.2. The first-order valence-corrected chi connectivity index (χ1v) is 13.0. The third kappa shape index (κ3) is 5.05. The summed E-state index contributed by atoms with van der Waals surface area (Å²) in [6.07, 6.45) is 4.21. The van der Waals surface area contributed by atoms with Crippen molar-refractivity contribution < 1.29 is 14.6 Å². The van der Waals surface area contributed by atoms with Crippen LogP contribution in [0.25, 0.3) is 21.0 Å². The lowest BCUT2D eigenvalue weighted by molar-refractivity contribution is -0.129. The van der Waals surface area contributed by atoms with Crippen LogP contribution in [-0.4, -0.2) is 52.7 Å². The molecule has 0 bridgehead atoms. The molecule has 35 heavy (non-hydrogen) atoms. The molecular weight excluding hydrogens is 460 g/mol. The summed E-state index contributed by atoms with van der Waals surface area (Å²) in [5.41, 5.74) is 11.6. The maximum absolute atomic E-state index is 12.5. The van der Waals surface area contributed by atoms with E-state index >= 15 is 0 Å². The summed E-state index contributed by atoms with van der Waals surface area (Å²) in [6, 6.07) is 12.4. The molecule has 184 valence electrons. The average molecular weight is 493 g/mol. The minimum Gasteiger partial charge on any atom is -0.489 e. The summed E-state index contributed by atoms with van der Waals surface area (Å²) in [6.45, 7) is 5.34. The molecule has 0 unspecified atom stereocenters. The van der Waals surface area contributed by atoms with E-state index in [0.29, 0.717) is 37.5 Å². The minimum absolute atomic E-state index is 0.0577. The molecule has 1 amide bonds. The van der Waals surface area contributed by atoms with Gasteiger partial charge in [0.25, 0.3) is 0 Å². The van der Waals surface area contributed by atoms with Gasteiger partial charge in [0, 0.05) is 30.9 Å². The number of nitrogens with two attached hydrogens (primary N) is 1. The summed E-state index contributed by atoms with van der Waals surface area (Å²) < 4.78 is 5.76. The molecule has 0 radical (unpaired) electrons.